The molecule has 0 amide bonds. The van der Waals surface area contributed by atoms with Crippen LogP contribution in [0.15, 0.2) is 43.8 Å². The normalized spacial score (nSPS) is 12.1. The quantitative estimate of drug-likeness (QED) is 0.310. The summed E-state index contributed by atoms with van der Waals surface area (Å²) < 4.78 is 89.6. The summed E-state index contributed by atoms with van der Waals surface area (Å²) in [5.74, 6) is -0.227. The second-order valence-electron chi connectivity index (χ2n) is 5.89. The lowest BCUT2D eigenvalue weighted by atomic mass is 10.1. The van der Waals surface area contributed by atoms with E-state index >= 15 is 0 Å². The highest BCUT2D eigenvalue weighted by Crippen LogP contribution is 2.39. The Kier molecular flexibility index (Phi) is 5.80. The Morgan fingerprint density at radius 1 is 1.03 bits per heavy atom. The first kappa shape index (κ1) is 21.7. The Hall–Kier alpha value is -3.01. The van der Waals surface area contributed by atoms with Gasteiger partial charge >= 0.3 is 12.4 Å². The van der Waals surface area contributed by atoms with Crippen LogP contribution in [0.2, 0.25) is 0 Å². The maximum absolute atomic E-state index is 13.2. The van der Waals surface area contributed by atoms with Gasteiger partial charge in [0.25, 0.3) is 5.89 Å². The highest BCUT2D eigenvalue weighted by atomic mass is 79.9. The Bertz CT molecular complexity index is 1080. The molecule has 0 unspecified atom stereocenters. The zero-order valence-corrected chi connectivity index (χ0v) is 16.1. The minimum absolute atomic E-state index is 0.109. The average Bonchev–Trinajstić information content (AvgIpc) is 3.27. The summed E-state index contributed by atoms with van der Waals surface area (Å²) in [6.45, 7) is 4.64. The molecule has 3 rings (SSSR count). The smallest absolute Gasteiger partial charge is 0.407 e. The predicted octanol–water partition coefficient (Wildman–Crippen LogP) is 6.23. The number of halogens is 7. The lowest BCUT2D eigenvalue weighted by molar-refractivity contribution is -0.136. The molecule has 3 aromatic rings. The SMILES string of the molecule is [C-]#[N+]c1ccc(N(Cc2nnc(-c3ccc(Br)o3)o2)CC(F)(F)F)cc1C(F)(F)F. The Morgan fingerprint density at radius 2 is 1.77 bits per heavy atom. The molecule has 0 aliphatic heterocycles. The molecule has 0 bridgehead atoms. The first-order valence-electron chi connectivity index (χ1n) is 7.95. The van der Waals surface area contributed by atoms with E-state index < -0.39 is 42.4 Å². The second-order valence-corrected chi connectivity index (χ2v) is 6.67. The molecule has 0 saturated carbocycles. The minimum Gasteiger partial charge on any atom is -0.444 e. The van der Waals surface area contributed by atoms with Crippen molar-refractivity contribution in [3.05, 3.63) is 57.9 Å². The summed E-state index contributed by atoms with van der Waals surface area (Å²) in [6.07, 6.45) is -9.64. The molecule has 0 radical (unpaired) electrons. The Morgan fingerprint density at radius 3 is 2.33 bits per heavy atom. The van der Waals surface area contributed by atoms with Gasteiger partial charge in [-0.15, -0.1) is 10.2 Å². The van der Waals surface area contributed by atoms with Crippen molar-refractivity contribution in [2.24, 2.45) is 0 Å². The van der Waals surface area contributed by atoms with Crippen molar-refractivity contribution in [1.29, 1.82) is 0 Å². The van der Waals surface area contributed by atoms with Crippen LogP contribution in [0.4, 0.5) is 37.7 Å². The highest BCUT2D eigenvalue weighted by molar-refractivity contribution is 9.10. The first-order valence-corrected chi connectivity index (χ1v) is 8.74. The van der Waals surface area contributed by atoms with Crippen molar-refractivity contribution >= 4 is 27.3 Å². The maximum Gasteiger partial charge on any atom is 0.407 e. The number of nitrogens with zero attached hydrogens (tertiary/aromatic N) is 4. The largest absolute Gasteiger partial charge is 0.444 e. The third-order valence-electron chi connectivity index (χ3n) is 3.72. The Labute approximate surface area is 173 Å². The molecular weight excluding hydrogens is 486 g/mol. The van der Waals surface area contributed by atoms with Gasteiger partial charge in [0.1, 0.15) is 6.54 Å². The molecule has 158 valence electrons. The van der Waals surface area contributed by atoms with Crippen molar-refractivity contribution in [3.63, 3.8) is 0 Å². The van der Waals surface area contributed by atoms with Crippen LogP contribution in [0.5, 0.6) is 0 Å². The van der Waals surface area contributed by atoms with Gasteiger partial charge in [0.2, 0.25) is 5.89 Å². The van der Waals surface area contributed by atoms with Gasteiger partial charge < -0.3 is 13.7 Å². The fourth-order valence-corrected chi connectivity index (χ4v) is 2.82. The van der Waals surface area contributed by atoms with Crippen LogP contribution >= 0.6 is 15.9 Å². The molecule has 0 spiro atoms. The van der Waals surface area contributed by atoms with Crippen molar-refractivity contribution in [2.45, 2.75) is 18.9 Å². The van der Waals surface area contributed by atoms with Crippen LogP contribution in [-0.4, -0.2) is 22.9 Å². The van der Waals surface area contributed by atoms with Gasteiger partial charge in [-0.3, -0.25) is 0 Å². The molecule has 0 fully saturated rings. The van der Waals surface area contributed by atoms with Crippen LogP contribution in [-0.2, 0) is 12.7 Å². The van der Waals surface area contributed by atoms with E-state index in [4.69, 9.17) is 15.4 Å². The topological polar surface area (TPSA) is 59.7 Å². The summed E-state index contributed by atoms with van der Waals surface area (Å²) in [4.78, 5) is 3.36. The maximum atomic E-state index is 13.2. The molecule has 0 aliphatic rings. The lowest BCUT2D eigenvalue weighted by Crippen LogP contribution is -2.34. The molecule has 6 nitrogen and oxygen atoms in total. The summed E-state index contributed by atoms with van der Waals surface area (Å²) >= 11 is 3.07. The van der Waals surface area contributed by atoms with Gasteiger partial charge in [-0.1, -0.05) is 6.07 Å². The van der Waals surface area contributed by atoms with Crippen molar-refractivity contribution in [2.75, 3.05) is 11.4 Å². The Balaban J connectivity index is 1.95. The number of anilines is 1. The van der Waals surface area contributed by atoms with Crippen LogP contribution < -0.4 is 4.90 Å². The molecule has 30 heavy (non-hydrogen) atoms. The van der Waals surface area contributed by atoms with E-state index in [0.29, 0.717) is 15.6 Å². The number of rotatable bonds is 5. The summed E-state index contributed by atoms with van der Waals surface area (Å²) in [7, 11) is 0. The van der Waals surface area contributed by atoms with Crippen LogP contribution in [0.3, 0.4) is 0 Å². The number of hydrogen-bond donors (Lipinski definition) is 0. The van der Waals surface area contributed by atoms with E-state index in [9.17, 15) is 26.3 Å². The molecule has 0 aliphatic carbocycles. The molecule has 1 aromatic carbocycles. The second kappa shape index (κ2) is 8.02. The monoisotopic (exact) mass is 494 g/mol. The standard InChI is InChI=1S/C17H9BrF6N4O2/c1-25-11-3-2-9(6-10(11)17(22,23)24)28(8-16(19,20)21)7-14-26-27-15(30-14)12-4-5-13(18)29-12/h2-6H,7-8H2. The number of benzene rings is 1. The fraction of sp³-hybridized carbons (Fsp3) is 0.235. The molecule has 0 saturated heterocycles. The van der Waals surface area contributed by atoms with E-state index in [0.717, 1.165) is 12.1 Å². The van der Waals surface area contributed by atoms with Crippen molar-refractivity contribution < 1.29 is 35.2 Å². The van der Waals surface area contributed by atoms with Crippen molar-refractivity contribution in [1.82, 2.24) is 10.2 Å². The third kappa shape index (κ3) is 5.12. The van der Waals surface area contributed by atoms with Gasteiger partial charge in [0, 0.05) is 5.69 Å². The predicted molar refractivity (Wildman–Crippen MR) is 94.5 cm³/mol. The zero-order valence-electron chi connectivity index (χ0n) is 14.6. The number of hydrogen-bond acceptors (Lipinski definition) is 5. The van der Waals surface area contributed by atoms with Gasteiger partial charge in [-0.05, 0) is 40.2 Å². The third-order valence-corrected chi connectivity index (χ3v) is 4.14. The first-order chi connectivity index (χ1) is 14.0. The molecule has 13 heteroatoms. The fourth-order valence-electron chi connectivity index (χ4n) is 2.51. The molecular formula is C17H9BrF6N4O2. The number of furan rings is 1. The molecule has 0 atom stereocenters. The summed E-state index contributed by atoms with van der Waals surface area (Å²) in [6, 6.07) is 5.31. The van der Waals surface area contributed by atoms with Crippen molar-refractivity contribution in [3.8, 4) is 11.7 Å². The van der Waals surface area contributed by atoms with Crippen LogP contribution in [0.25, 0.3) is 16.5 Å². The lowest BCUT2D eigenvalue weighted by Gasteiger charge is -2.25. The minimum atomic E-state index is -4.91. The zero-order chi connectivity index (χ0) is 22.1. The van der Waals surface area contributed by atoms with Crippen LogP contribution in [0, 0.1) is 6.57 Å². The average molecular weight is 495 g/mol. The van der Waals surface area contributed by atoms with E-state index in [1.807, 2.05) is 0 Å². The summed E-state index contributed by atoms with van der Waals surface area (Å²) in [5, 5.41) is 7.30. The van der Waals surface area contributed by atoms with Gasteiger partial charge in [-0.25, -0.2) is 4.85 Å². The van der Waals surface area contributed by atoms with Gasteiger partial charge in [-0.2, -0.15) is 26.3 Å². The number of alkyl halides is 6. The van der Waals surface area contributed by atoms with E-state index in [-0.39, 0.29) is 17.5 Å². The van der Waals surface area contributed by atoms with Gasteiger partial charge in [0.15, 0.2) is 16.1 Å². The number of aromatic nitrogens is 2. The van der Waals surface area contributed by atoms with Gasteiger partial charge in [0.05, 0.1) is 18.7 Å². The van der Waals surface area contributed by atoms with E-state index in [2.05, 4.69) is 31.0 Å². The molecule has 2 aromatic heterocycles. The van der Waals surface area contributed by atoms with Crippen LogP contribution in [0.1, 0.15) is 11.5 Å². The molecule has 2 heterocycles. The highest BCUT2D eigenvalue weighted by Gasteiger charge is 2.36. The van der Waals surface area contributed by atoms with E-state index in [1.54, 1.807) is 0 Å². The van der Waals surface area contributed by atoms with E-state index in [1.165, 1.54) is 12.1 Å². The molecule has 0 N–H and O–H groups in total. The summed E-state index contributed by atoms with van der Waals surface area (Å²) in [5.41, 5.74) is -2.47.